The zero-order chi connectivity index (χ0) is 14.7. The molecule has 112 valence electrons. The normalized spacial score (nSPS) is 22.9. The number of para-hydroxylation sites is 1. The van der Waals surface area contributed by atoms with E-state index in [4.69, 9.17) is 0 Å². The SMILES string of the molecule is O=C(N[C@@H]1CCCCC[C@@H]1CO)c1cccc2cc[nH]c12. The monoisotopic (exact) mass is 286 g/mol. The van der Waals surface area contributed by atoms with E-state index in [1.54, 1.807) is 0 Å². The number of aromatic amines is 1. The summed E-state index contributed by atoms with van der Waals surface area (Å²) in [7, 11) is 0. The summed E-state index contributed by atoms with van der Waals surface area (Å²) < 4.78 is 0. The lowest BCUT2D eigenvalue weighted by molar-refractivity contribution is 0.0901. The van der Waals surface area contributed by atoms with Crippen LogP contribution in [0, 0.1) is 5.92 Å². The first kappa shape index (κ1) is 14.1. The number of aliphatic hydroxyl groups excluding tert-OH is 1. The maximum atomic E-state index is 12.6. The molecule has 0 bridgehead atoms. The Hall–Kier alpha value is -1.81. The number of aliphatic hydroxyl groups is 1. The van der Waals surface area contributed by atoms with E-state index in [-0.39, 0.29) is 24.5 Å². The van der Waals surface area contributed by atoms with Gasteiger partial charge in [0.05, 0.1) is 11.1 Å². The lowest BCUT2D eigenvalue weighted by atomic mass is 9.95. The third kappa shape index (κ3) is 2.95. The zero-order valence-electron chi connectivity index (χ0n) is 12.1. The highest BCUT2D eigenvalue weighted by molar-refractivity contribution is 6.05. The van der Waals surface area contributed by atoms with Crippen LogP contribution in [0.15, 0.2) is 30.5 Å². The van der Waals surface area contributed by atoms with Crippen molar-refractivity contribution in [2.75, 3.05) is 6.61 Å². The summed E-state index contributed by atoms with van der Waals surface area (Å²) in [6.45, 7) is 0.150. The average molecular weight is 286 g/mol. The van der Waals surface area contributed by atoms with Gasteiger partial charge in [-0.3, -0.25) is 4.79 Å². The van der Waals surface area contributed by atoms with Gasteiger partial charge in [0.1, 0.15) is 0 Å². The molecule has 1 aromatic heterocycles. The van der Waals surface area contributed by atoms with Crippen molar-refractivity contribution in [1.82, 2.24) is 10.3 Å². The molecular formula is C17H22N2O2. The lowest BCUT2D eigenvalue weighted by Gasteiger charge is -2.24. The van der Waals surface area contributed by atoms with Gasteiger partial charge in [-0.25, -0.2) is 0 Å². The lowest BCUT2D eigenvalue weighted by Crippen LogP contribution is -2.41. The largest absolute Gasteiger partial charge is 0.396 e. The number of H-pyrrole nitrogens is 1. The summed E-state index contributed by atoms with van der Waals surface area (Å²) in [6, 6.07) is 7.79. The van der Waals surface area contributed by atoms with Crippen molar-refractivity contribution in [3.05, 3.63) is 36.0 Å². The summed E-state index contributed by atoms with van der Waals surface area (Å²) in [5.74, 6) is 0.132. The van der Waals surface area contributed by atoms with Gasteiger partial charge in [0.15, 0.2) is 0 Å². The molecule has 1 amide bonds. The molecule has 3 rings (SSSR count). The second-order valence-electron chi connectivity index (χ2n) is 5.91. The highest BCUT2D eigenvalue weighted by atomic mass is 16.3. The molecule has 1 aliphatic rings. The number of aromatic nitrogens is 1. The Balaban J connectivity index is 1.80. The van der Waals surface area contributed by atoms with Gasteiger partial charge >= 0.3 is 0 Å². The van der Waals surface area contributed by atoms with Crippen LogP contribution in [0.25, 0.3) is 10.9 Å². The smallest absolute Gasteiger partial charge is 0.253 e. The molecule has 0 saturated heterocycles. The van der Waals surface area contributed by atoms with E-state index in [1.807, 2.05) is 30.5 Å². The van der Waals surface area contributed by atoms with Gasteiger partial charge in [-0.1, -0.05) is 31.4 Å². The summed E-state index contributed by atoms with van der Waals surface area (Å²) in [5, 5.41) is 13.7. The quantitative estimate of drug-likeness (QED) is 0.760. The van der Waals surface area contributed by atoms with Crippen molar-refractivity contribution in [2.45, 2.75) is 38.1 Å². The first-order valence-electron chi connectivity index (χ1n) is 7.77. The van der Waals surface area contributed by atoms with Crippen LogP contribution >= 0.6 is 0 Å². The zero-order valence-corrected chi connectivity index (χ0v) is 12.1. The minimum absolute atomic E-state index is 0.0478. The van der Waals surface area contributed by atoms with Crippen LogP contribution in [0.2, 0.25) is 0 Å². The number of hydrogen-bond acceptors (Lipinski definition) is 2. The van der Waals surface area contributed by atoms with E-state index in [0.29, 0.717) is 5.56 Å². The Morgan fingerprint density at radius 3 is 2.95 bits per heavy atom. The number of amides is 1. The maximum absolute atomic E-state index is 12.6. The van der Waals surface area contributed by atoms with Gasteiger partial charge in [0.2, 0.25) is 0 Å². The number of nitrogens with one attached hydrogen (secondary N) is 2. The predicted molar refractivity (Wildman–Crippen MR) is 83.2 cm³/mol. The van der Waals surface area contributed by atoms with Crippen molar-refractivity contribution in [1.29, 1.82) is 0 Å². The average Bonchev–Trinajstić information content (AvgIpc) is 2.87. The molecule has 4 nitrogen and oxygen atoms in total. The van der Waals surface area contributed by atoms with Crippen molar-refractivity contribution < 1.29 is 9.90 Å². The fourth-order valence-electron chi connectivity index (χ4n) is 3.31. The molecule has 1 saturated carbocycles. The number of carbonyl (C=O) groups excluding carboxylic acids is 1. The highest BCUT2D eigenvalue weighted by Crippen LogP contribution is 2.24. The Labute approximate surface area is 124 Å². The van der Waals surface area contributed by atoms with E-state index in [0.717, 1.165) is 36.6 Å². The molecule has 4 heteroatoms. The topological polar surface area (TPSA) is 65.1 Å². The van der Waals surface area contributed by atoms with E-state index >= 15 is 0 Å². The molecule has 0 radical (unpaired) electrons. The first-order valence-corrected chi connectivity index (χ1v) is 7.77. The third-order valence-corrected chi connectivity index (χ3v) is 4.54. The highest BCUT2D eigenvalue weighted by Gasteiger charge is 2.25. The Bertz CT molecular complexity index is 620. The van der Waals surface area contributed by atoms with Crippen molar-refractivity contribution in [3.8, 4) is 0 Å². The minimum Gasteiger partial charge on any atom is -0.396 e. The predicted octanol–water partition coefficient (Wildman–Crippen LogP) is 2.84. The molecule has 1 aromatic carbocycles. The van der Waals surface area contributed by atoms with Gasteiger partial charge < -0.3 is 15.4 Å². The standard InChI is InChI=1S/C17H22N2O2/c20-11-13-5-2-1-3-8-15(13)19-17(21)14-7-4-6-12-9-10-18-16(12)14/h4,6-7,9-10,13,15,18,20H,1-3,5,8,11H2,(H,19,21)/t13-,15-/m1/s1. The molecule has 0 aliphatic heterocycles. The van der Waals surface area contributed by atoms with Crippen LogP contribution in [-0.4, -0.2) is 28.6 Å². The summed E-state index contributed by atoms with van der Waals surface area (Å²) >= 11 is 0. The molecule has 2 aromatic rings. The summed E-state index contributed by atoms with van der Waals surface area (Å²) in [5.41, 5.74) is 1.56. The van der Waals surface area contributed by atoms with E-state index in [1.165, 1.54) is 6.42 Å². The molecular weight excluding hydrogens is 264 g/mol. The number of hydrogen-bond donors (Lipinski definition) is 3. The number of rotatable bonds is 3. The fraction of sp³-hybridized carbons (Fsp3) is 0.471. The molecule has 21 heavy (non-hydrogen) atoms. The van der Waals surface area contributed by atoms with E-state index < -0.39 is 0 Å². The van der Waals surface area contributed by atoms with Crippen LogP contribution in [0.3, 0.4) is 0 Å². The van der Waals surface area contributed by atoms with Crippen LogP contribution in [0.1, 0.15) is 42.5 Å². The minimum atomic E-state index is -0.0478. The van der Waals surface area contributed by atoms with Crippen LogP contribution in [0.5, 0.6) is 0 Å². The summed E-state index contributed by atoms with van der Waals surface area (Å²) in [4.78, 5) is 15.7. The molecule has 1 fully saturated rings. The number of benzene rings is 1. The van der Waals surface area contributed by atoms with Crippen molar-refractivity contribution in [2.24, 2.45) is 5.92 Å². The third-order valence-electron chi connectivity index (χ3n) is 4.54. The van der Waals surface area contributed by atoms with Crippen LogP contribution in [0.4, 0.5) is 0 Å². The number of fused-ring (bicyclic) bond motifs is 1. The second-order valence-corrected chi connectivity index (χ2v) is 5.91. The Morgan fingerprint density at radius 1 is 1.24 bits per heavy atom. The fourth-order valence-corrected chi connectivity index (χ4v) is 3.31. The van der Waals surface area contributed by atoms with Gasteiger partial charge in [-0.15, -0.1) is 0 Å². The maximum Gasteiger partial charge on any atom is 0.253 e. The van der Waals surface area contributed by atoms with Crippen LogP contribution < -0.4 is 5.32 Å². The molecule has 2 atom stereocenters. The second kappa shape index (κ2) is 6.31. The van der Waals surface area contributed by atoms with Crippen molar-refractivity contribution in [3.63, 3.8) is 0 Å². The first-order chi connectivity index (χ1) is 10.3. The Kier molecular flexibility index (Phi) is 4.25. The molecule has 1 heterocycles. The number of carbonyl (C=O) groups is 1. The summed E-state index contributed by atoms with van der Waals surface area (Å²) in [6.07, 6.45) is 7.25. The van der Waals surface area contributed by atoms with Gasteiger partial charge in [-0.2, -0.15) is 0 Å². The molecule has 3 N–H and O–H groups in total. The van der Waals surface area contributed by atoms with Gasteiger partial charge in [0, 0.05) is 30.1 Å². The van der Waals surface area contributed by atoms with E-state index in [2.05, 4.69) is 10.3 Å². The van der Waals surface area contributed by atoms with E-state index in [9.17, 15) is 9.90 Å². The van der Waals surface area contributed by atoms with Crippen molar-refractivity contribution >= 4 is 16.8 Å². The molecule has 0 unspecified atom stereocenters. The van der Waals surface area contributed by atoms with Gasteiger partial charge in [0.25, 0.3) is 5.91 Å². The Morgan fingerprint density at radius 2 is 2.10 bits per heavy atom. The molecule has 0 spiro atoms. The molecule has 1 aliphatic carbocycles. The van der Waals surface area contributed by atoms with Crippen LogP contribution in [-0.2, 0) is 0 Å². The van der Waals surface area contributed by atoms with Gasteiger partial charge in [-0.05, 0) is 25.0 Å².